The Morgan fingerprint density at radius 1 is 0.833 bits per heavy atom. The van der Waals surface area contributed by atoms with Crippen molar-refractivity contribution in [2.24, 2.45) is 11.8 Å². The topological polar surface area (TPSA) is 112 Å². The second kappa shape index (κ2) is 13.5. The van der Waals surface area contributed by atoms with Crippen molar-refractivity contribution >= 4 is 30.0 Å². The number of carbonyl (C=O) groups is 4. The predicted octanol–water partition coefficient (Wildman–Crippen LogP) is 3.49. The number of carbonyl (C=O) groups excluding carboxylic acids is 4. The largest absolute Gasteiger partial charge is 0.493 e. The minimum absolute atomic E-state index is 0.0467. The standard InChI is InChI=1S/C26H36N2O8/c1-17(2)15-35-23(29)9-11-27-20(13-19-7-8-21(33-5)22(14-19)34-6)25(31)28(26(27)32)12-10-24(30)36-16-18(3)4/h7-8,13-14,17-18H,9-12,15-16H2,1-6H3. The summed E-state index contributed by atoms with van der Waals surface area (Å²) in [6.45, 7) is 8.02. The van der Waals surface area contributed by atoms with Gasteiger partial charge in [0.2, 0.25) is 0 Å². The number of amides is 3. The summed E-state index contributed by atoms with van der Waals surface area (Å²) in [6, 6.07) is 4.46. The van der Waals surface area contributed by atoms with Gasteiger partial charge < -0.3 is 18.9 Å². The van der Waals surface area contributed by atoms with E-state index in [9.17, 15) is 19.2 Å². The Morgan fingerprint density at radius 3 is 1.86 bits per heavy atom. The predicted molar refractivity (Wildman–Crippen MR) is 132 cm³/mol. The van der Waals surface area contributed by atoms with Crippen LogP contribution >= 0.6 is 0 Å². The summed E-state index contributed by atoms with van der Waals surface area (Å²) in [4.78, 5) is 52.8. The van der Waals surface area contributed by atoms with Crippen molar-refractivity contribution in [2.75, 3.05) is 40.5 Å². The van der Waals surface area contributed by atoms with E-state index in [2.05, 4.69) is 0 Å². The highest BCUT2D eigenvalue weighted by molar-refractivity contribution is 6.14. The molecule has 36 heavy (non-hydrogen) atoms. The van der Waals surface area contributed by atoms with Gasteiger partial charge in [0.1, 0.15) is 5.70 Å². The molecule has 1 aromatic carbocycles. The molecule has 1 aliphatic heterocycles. The second-order valence-corrected chi connectivity index (χ2v) is 9.19. The maximum atomic E-state index is 13.2. The highest BCUT2D eigenvalue weighted by Crippen LogP contribution is 2.30. The van der Waals surface area contributed by atoms with E-state index in [1.54, 1.807) is 24.3 Å². The van der Waals surface area contributed by atoms with Crippen LogP contribution in [0, 0.1) is 11.8 Å². The molecule has 198 valence electrons. The Labute approximate surface area is 212 Å². The highest BCUT2D eigenvalue weighted by Gasteiger charge is 2.41. The Bertz CT molecular complexity index is 986. The molecule has 0 aliphatic carbocycles. The minimum Gasteiger partial charge on any atom is -0.493 e. The molecule has 0 saturated carbocycles. The summed E-state index contributed by atoms with van der Waals surface area (Å²) >= 11 is 0. The lowest BCUT2D eigenvalue weighted by molar-refractivity contribution is -0.145. The van der Waals surface area contributed by atoms with Crippen molar-refractivity contribution < 1.29 is 38.1 Å². The van der Waals surface area contributed by atoms with Gasteiger partial charge >= 0.3 is 18.0 Å². The summed E-state index contributed by atoms with van der Waals surface area (Å²) in [7, 11) is 3.01. The Morgan fingerprint density at radius 2 is 1.36 bits per heavy atom. The average Bonchev–Trinajstić information content (AvgIpc) is 3.06. The monoisotopic (exact) mass is 504 g/mol. The van der Waals surface area contributed by atoms with Crippen molar-refractivity contribution in [3.05, 3.63) is 29.5 Å². The van der Waals surface area contributed by atoms with Gasteiger partial charge in [0, 0.05) is 13.1 Å². The molecular weight excluding hydrogens is 468 g/mol. The molecule has 0 bridgehead atoms. The lowest BCUT2D eigenvalue weighted by Crippen LogP contribution is -2.35. The molecule has 3 amide bonds. The van der Waals surface area contributed by atoms with E-state index in [0.29, 0.717) is 17.1 Å². The van der Waals surface area contributed by atoms with Crippen molar-refractivity contribution in [1.29, 1.82) is 0 Å². The third-order valence-electron chi connectivity index (χ3n) is 5.16. The molecule has 1 fully saturated rings. The van der Waals surface area contributed by atoms with E-state index >= 15 is 0 Å². The molecule has 1 heterocycles. The first kappa shape index (κ1) is 28.7. The van der Waals surface area contributed by atoms with Crippen LogP contribution < -0.4 is 9.47 Å². The molecule has 0 N–H and O–H groups in total. The van der Waals surface area contributed by atoms with E-state index in [-0.39, 0.29) is 56.7 Å². The number of benzene rings is 1. The van der Waals surface area contributed by atoms with Crippen LogP contribution in [0.3, 0.4) is 0 Å². The zero-order valence-electron chi connectivity index (χ0n) is 21.9. The van der Waals surface area contributed by atoms with Gasteiger partial charge in [0.25, 0.3) is 5.91 Å². The first-order valence-corrected chi connectivity index (χ1v) is 12.0. The first-order valence-electron chi connectivity index (χ1n) is 12.0. The van der Waals surface area contributed by atoms with Gasteiger partial charge in [-0.15, -0.1) is 0 Å². The van der Waals surface area contributed by atoms with Crippen LogP contribution in [0.15, 0.2) is 23.9 Å². The summed E-state index contributed by atoms with van der Waals surface area (Å²) in [5.41, 5.74) is 0.675. The lowest BCUT2D eigenvalue weighted by Gasteiger charge is -2.17. The molecule has 1 saturated heterocycles. The number of nitrogens with zero attached hydrogens (tertiary/aromatic N) is 2. The molecule has 10 heteroatoms. The molecule has 0 aromatic heterocycles. The number of urea groups is 1. The molecular formula is C26H36N2O8. The van der Waals surface area contributed by atoms with Gasteiger partial charge in [-0.05, 0) is 35.6 Å². The van der Waals surface area contributed by atoms with Gasteiger partial charge in [0.05, 0.1) is 40.3 Å². The fraction of sp³-hybridized carbons (Fsp3) is 0.538. The van der Waals surface area contributed by atoms with E-state index in [1.807, 2.05) is 27.7 Å². The zero-order chi connectivity index (χ0) is 26.8. The third-order valence-corrected chi connectivity index (χ3v) is 5.16. The van der Waals surface area contributed by atoms with Crippen LogP contribution in [0.1, 0.15) is 46.1 Å². The van der Waals surface area contributed by atoms with E-state index in [1.165, 1.54) is 19.1 Å². The van der Waals surface area contributed by atoms with Gasteiger partial charge in [-0.3, -0.25) is 24.2 Å². The van der Waals surface area contributed by atoms with Gasteiger partial charge in [-0.25, -0.2) is 4.79 Å². The van der Waals surface area contributed by atoms with Crippen LogP contribution in [-0.2, 0) is 23.9 Å². The highest BCUT2D eigenvalue weighted by atomic mass is 16.5. The maximum absolute atomic E-state index is 13.2. The van der Waals surface area contributed by atoms with Gasteiger partial charge in [-0.2, -0.15) is 0 Å². The fourth-order valence-electron chi connectivity index (χ4n) is 3.31. The Kier molecular flexibility index (Phi) is 10.8. The SMILES string of the molecule is COc1ccc(C=C2C(=O)N(CCC(=O)OCC(C)C)C(=O)N2CCC(=O)OCC(C)C)cc1OC. The smallest absolute Gasteiger partial charge is 0.331 e. The number of methoxy groups -OCH3 is 2. The maximum Gasteiger partial charge on any atom is 0.331 e. The first-order chi connectivity index (χ1) is 17.1. The van der Waals surface area contributed by atoms with Crippen LogP contribution in [0.25, 0.3) is 6.08 Å². The molecule has 0 spiro atoms. The third kappa shape index (κ3) is 8.00. The Hall–Kier alpha value is -3.56. The summed E-state index contributed by atoms with van der Waals surface area (Å²) in [5, 5.41) is 0. The van der Waals surface area contributed by atoms with Crippen molar-refractivity contribution in [1.82, 2.24) is 9.80 Å². The number of hydrogen-bond donors (Lipinski definition) is 0. The lowest BCUT2D eigenvalue weighted by atomic mass is 10.1. The van der Waals surface area contributed by atoms with E-state index in [0.717, 1.165) is 4.90 Å². The number of hydrogen-bond acceptors (Lipinski definition) is 8. The average molecular weight is 505 g/mol. The summed E-state index contributed by atoms with van der Waals surface area (Å²) in [6.07, 6.45) is 1.33. The molecule has 0 atom stereocenters. The molecule has 2 rings (SSSR count). The summed E-state index contributed by atoms with van der Waals surface area (Å²) in [5.74, 6) is -0.212. The summed E-state index contributed by atoms with van der Waals surface area (Å²) < 4.78 is 20.9. The van der Waals surface area contributed by atoms with Crippen molar-refractivity contribution in [3.63, 3.8) is 0 Å². The number of rotatable bonds is 13. The van der Waals surface area contributed by atoms with Crippen LogP contribution in [0.4, 0.5) is 4.79 Å². The molecule has 10 nitrogen and oxygen atoms in total. The van der Waals surface area contributed by atoms with Gasteiger partial charge in [0.15, 0.2) is 11.5 Å². The number of esters is 2. The normalized spacial score (nSPS) is 14.7. The van der Waals surface area contributed by atoms with E-state index < -0.39 is 23.9 Å². The van der Waals surface area contributed by atoms with Crippen LogP contribution in [0.5, 0.6) is 11.5 Å². The van der Waals surface area contributed by atoms with Crippen molar-refractivity contribution in [3.8, 4) is 11.5 Å². The van der Waals surface area contributed by atoms with Crippen LogP contribution in [0.2, 0.25) is 0 Å². The van der Waals surface area contributed by atoms with Crippen molar-refractivity contribution in [2.45, 2.75) is 40.5 Å². The zero-order valence-corrected chi connectivity index (χ0v) is 21.9. The quantitative estimate of drug-likeness (QED) is 0.228. The Balaban J connectivity index is 2.26. The molecule has 1 aliphatic rings. The molecule has 0 unspecified atom stereocenters. The second-order valence-electron chi connectivity index (χ2n) is 9.19. The molecule has 1 aromatic rings. The van der Waals surface area contributed by atoms with E-state index in [4.69, 9.17) is 18.9 Å². The number of ether oxygens (including phenoxy) is 4. The molecule has 0 radical (unpaired) electrons. The van der Waals surface area contributed by atoms with Gasteiger partial charge in [-0.1, -0.05) is 33.8 Å². The fourth-order valence-corrected chi connectivity index (χ4v) is 3.31. The minimum atomic E-state index is -0.611. The number of imide groups is 1. The van der Waals surface area contributed by atoms with Crippen LogP contribution in [-0.4, -0.2) is 74.2 Å².